The summed E-state index contributed by atoms with van der Waals surface area (Å²) in [5.74, 6) is 0.655. The second kappa shape index (κ2) is 7.12. The molecule has 1 aliphatic carbocycles. The van der Waals surface area contributed by atoms with Crippen molar-refractivity contribution in [2.24, 2.45) is 21.5 Å². The fraction of sp³-hybridized carbons (Fsp3) is 0.556. The van der Waals surface area contributed by atoms with Crippen LogP contribution in [0.4, 0.5) is 11.4 Å². The fourth-order valence-corrected chi connectivity index (χ4v) is 4.24. The Morgan fingerprint density at radius 3 is 2.44 bits per heavy atom. The van der Waals surface area contributed by atoms with E-state index in [9.17, 15) is 0 Å². The van der Waals surface area contributed by atoms with Crippen LogP contribution >= 0.6 is 11.6 Å². The number of hydrogen-bond donors (Lipinski definition) is 2. The highest BCUT2D eigenvalue weighted by atomic mass is 35.5. The van der Waals surface area contributed by atoms with E-state index in [-0.39, 0.29) is 5.96 Å². The zero-order valence-corrected chi connectivity index (χ0v) is 15.8. The van der Waals surface area contributed by atoms with E-state index in [0.29, 0.717) is 11.0 Å². The highest BCUT2D eigenvalue weighted by molar-refractivity contribution is 6.33. The summed E-state index contributed by atoms with van der Waals surface area (Å²) in [6, 6.07) is 6.07. The maximum atomic E-state index is 6.60. The third kappa shape index (κ3) is 3.27. The fourth-order valence-electron chi connectivity index (χ4n) is 3.95. The van der Waals surface area contributed by atoms with Gasteiger partial charge < -0.3 is 16.4 Å². The second-order valence-electron chi connectivity index (χ2n) is 6.63. The van der Waals surface area contributed by atoms with Crippen molar-refractivity contribution in [1.82, 2.24) is 0 Å². The van der Waals surface area contributed by atoms with Gasteiger partial charge in [-0.1, -0.05) is 18.0 Å². The van der Waals surface area contributed by atoms with Crippen molar-refractivity contribution in [2.45, 2.75) is 51.6 Å². The highest BCUT2D eigenvalue weighted by Crippen LogP contribution is 2.41. The molecule has 0 radical (unpaired) electrons. The molecule has 2 aliphatic rings. The van der Waals surface area contributed by atoms with E-state index in [1.54, 1.807) is 0 Å². The number of benzene rings is 1. The minimum Gasteiger partial charge on any atom is -0.371 e. The first-order chi connectivity index (χ1) is 12.0. The zero-order valence-electron chi connectivity index (χ0n) is 15.0. The molecule has 0 aromatic heterocycles. The van der Waals surface area contributed by atoms with E-state index in [2.05, 4.69) is 35.9 Å². The first-order valence-electron chi connectivity index (χ1n) is 9.05. The summed E-state index contributed by atoms with van der Waals surface area (Å²) >= 11 is 6.60. The number of anilines is 2. The van der Waals surface area contributed by atoms with Crippen LogP contribution in [0.15, 0.2) is 28.2 Å². The SMILES string of the molecule is CCN(CC)c1ccc(N2C(N)=NC(N)=NC23CCCCC3)cc1Cl. The van der Waals surface area contributed by atoms with Gasteiger partial charge in [-0.3, -0.25) is 4.90 Å². The monoisotopic (exact) mass is 362 g/mol. The predicted octanol–water partition coefficient (Wildman–Crippen LogP) is 3.30. The van der Waals surface area contributed by atoms with E-state index >= 15 is 0 Å². The van der Waals surface area contributed by atoms with Crippen molar-refractivity contribution < 1.29 is 0 Å². The Morgan fingerprint density at radius 2 is 1.84 bits per heavy atom. The van der Waals surface area contributed by atoms with Gasteiger partial charge in [-0.05, 0) is 57.7 Å². The summed E-state index contributed by atoms with van der Waals surface area (Å²) in [4.78, 5) is 13.1. The number of rotatable bonds is 4. The van der Waals surface area contributed by atoms with Crippen LogP contribution in [0.1, 0.15) is 46.0 Å². The lowest BCUT2D eigenvalue weighted by Gasteiger charge is -2.45. The summed E-state index contributed by atoms with van der Waals surface area (Å²) in [6.07, 6.45) is 5.25. The molecule has 1 heterocycles. The Morgan fingerprint density at radius 1 is 1.16 bits per heavy atom. The first-order valence-corrected chi connectivity index (χ1v) is 9.42. The van der Waals surface area contributed by atoms with Gasteiger partial charge in [0.1, 0.15) is 5.66 Å². The molecule has 0 amide bonds. The van der Waals surface area contributed by atoms with E-state index in [1.807, 2.05) is 11.0 Å². The van der Waals surface area contributed by atoms with Crippen molar-refractivity contribution in [3.8, 4) is 0 Å². The number of nitrogens with two attached hydrogens (primary N) is 2. The largest absolute Gasteiger partial charge is 0.371 e. The molecule has 3 rings (SSSR count). The number of aliphatic imine (C=N–C) groups is 2. The molecule has 0 bridgehead atoms. The number of nitrogens with zero attached hydrogens (tertiary/aromatic N) is 4. The summed E-state index contributed by atoms with van der Waals surface area (Å²) < 4.78 is 0. The van der Waals surface area contributed by atoms with Crippen LogP contribution in [-0.2, 0) is 0 Å². The molecule has 1 aromatic carbocycles. The van der Waals surface area contributed by atoms with Gasteiger partial charge in [0.25, 0.3) is 0 Å². The molecule has 1 saturated carbocycles. The molecule has 0 unspecified atom stereocenters. The zero-order chi connectivity index (χ0) is 18.0. The number of guanidine groups is 2. The van der Waals surface area contributed by atoms with Crippen molar-refractivity contribution in [2.75, 3.05) is 22.9 Å². The van der Waals surface area contributed by atoms with Crippen LogP contribution in [0, 0.1) is 0 Å². The van der Waals surface area contributed by atoms with Gasteiger partial charge in [-0.2, -0.15) is 4.99 Å². The van der Waals surface area contributed by atoms with Crippen LogP contribution in [0.5, 0.6) is 0 Å². The molecule has 1 spiro atoms. The molecule has 6 nitrogen and oxygen atoms in total. The minimum absolute atomic E-state index is 0.265. The second-order valence-corrected chi connectivity index (χ2v) is 7.03. The predicted molar refractivity (Wildman–Crippen MR) is 107 cm³/mol. The van der Waals surface area contributed by atoms with Crippen molar-refractivity contribution in [3.05, 3.63) is 23.2 Å². The molecule has 25 heavy (non-hydrogen) atoms. The summed E-state index contributed by atoms with van der Waals surface area (Å²) in [5.41, 5.74) is 13.7. The van der Waals surface area contributed by atoms with Gasteiger partial charge in [0, 0.05) is 18.8 Å². The molecule has 0 saturated heterocycles. The van der Waals surface area contributed by atoms with E-state index in [4.69, 9.17) is 28.1 Å². The van der Waals surface area contributed by atoms with Crippen molar-refractivity contribution in [1.29, 1.82) is 0 Å². The topological polar surface area (TPSA) is 83.2 Å². The summed E-state index contributed by atoms with van der Waals surface area (Å²) in [7, 11) is 0. The van der Waals surface area contributed by atoms with Crippen LogP contribution in [0.25, 0.3) is 0 Å². The maximum absolute atomic E-state index is 6.60. The molecule has 1 aliphatic heterocycles. The normalized spacial score (nSPS) is 19.6. The Balaban J connectivity index is 2.01. The van der Waals surface area contributed by atoms with Crippen molar-refractivity contribution in [3.63, 3.8) is 0 Å². The van der Waals surface area contributed by atoms with Crippen molar-refractivity contribution >= 4 is 34.9 Å². The third-order valence-electron chi connectivity index (χ3n) is 5.15. The van der Waals surface area contributed by atoms with Gasteiger partial charge in [0.15, 0.2) is 0 Å². The average Bonchev–Trinajstić information content (AvgIpc) is 2.57. The first kappa shape index (κ1) is 17.9. The van der Waals surface area contributed by atoms with Crippen LogP contribution in [0.2, 0.25) is 5.02 Å². The summed E-state index contributed by atoms with van der Waals surface area (Å²) in [5, 5.41) is 0.711. The van der Waals surface area contributed by atoms with E-state index in [0.717, 1.165) is 50.1 Å². The Labute approximate surface area is 154 Å². The van der Waals surface area contributed by atoms with Gasteiger partial charge in [0.2, 0.25) is 11.9 Å². The standard InChI is InChI=1S/C18H27ClN6/c1-3-24(4-2)15-9-8-13(12-14(15)19)25-17(21)22-16(20)23-18(25)10-6-5-7-11-18/h8-9,12H,3-7,10-11H2,1-2H3,(H4,20,21,22,23). The van der Waals surface area contributed by atoms with Gasteiger partial charge in [-0.25, -0.2) is 4.99 Å². The molecule has 1 aromatic rings. The molecule has 4 N–H and O–H groups in total. The molecule has 7 heteroatoms. The average molecular weight is 363 g/mol. The minimum atomic E-state index is -0.436. The molecule has 0 atom stereocenters. The molecular weight excluding hydrogens is 336 g/mol. The number of hydrogen-bond acceptors (Lipinski definition) is 6. The van der Waals surface area contributed by atoms with E-state index in [1.165, 1.54) is 6.42 Å². The van der Waals surface area contributed by atoms with Crippen LogP contribution < -0.4 is 21.3 Å². The lowest BCUT2D eigenvalue weighted by molar-refractivity contribution is 0.305. The van der Waals surface area contributed by atoms with E-state index < -0.39 is 5.66 Å². The Bertz CT molecular complexity index is 689. The quantitative estimate of drug-likeness (QED) is 0.860. The summed E-state index contributed by atoms with van der Waals surface area (Å²) in [6.45, 7) is 6.07. The van der Waals surface area contributed by atoms with Crippen LogP contribution in [-0.4, -0.2) is 30.7 Å². The Hall–Kier alpha value is -1.95. The van der Waals surface area contributed by atoms with Crippen LogP contribution in [0.3, 0.4) is 0 Å². The maximum Gasteiger partial charge on any atom is 0.220 e. The molecular formula is C18H27ClN6. The van der Waals surface area contributed by atoms with Gasteiger partial charge in [0.05, 0.1) is 10.7 Å². The third-order valence-corrected chi connectivity index (χ3v) is 5.45. The number of halogens is 1. The molecule has 136 valence electrons. The smallest absolute Gasteiger partial charge is 0.220 e. The molecule has 1 fully saturated rings. The highest BCUT2D eigenvalue weighted by Gasteiger charge is 2.42. The van der Waals surface area contributed by atoms with Gasteiger partial charge in [-0.15, -0.1) is 0 Å². The lowest BCUT2D eigenvalue weighted by atomic mass is 9.87. The Kier molecular flexibility index (Phi) is 5.08. The lowest BCUT2D eigenvalue weighted by Crippen LogP contribution is -2.58. The van der Waals surface area contributed by atoms with Gasteiger partial charge >= 0.3 is 0 Å².